The van der Waals surface area contributed by atoms with Crippen LogP contribution in [0.5, 0.6) is 0 Å². The highest BCUT2D eigenvalue weighted by atomic mass is 16.5. The fourth-order valence-electron chi connectivity index (χ4n) is 8.97. The minimum absolute atomic E-state index is 0.0358. The maximum absolute atomic E-state index is 13.0. The third kappa shape index (κ3) is 10.7. The van der Waals surface area contributed by atoms with Gasteiger partial charge in [0.15, 0.2) is 0 Å². The van der Waals surface area contributed by atoms with Crippen LogP contribution in [0.25, 0.3) is 0 Å². The van der Waals surface area contributed by atoms with Crippen LogP contribution in [0.4, 0.5) is 0 Å². The molecule has 0 bridgehead atoms. The minimum atomic E-state index is -0.589. The topological polar surface area (TPSA) is 66.9 Å². The minimum Gasteiger partial charge on any atom is -0.463 e. The van der Waals surface area contributed by atoms with E-state index in [9.17, 15) is 14.4 Å². The molecule has 1 unspecified atom stereocenters. The van der Waals surface area contributed by atoms with Crippen molar-refractivity contribution in [2.45, 2.75) is 146 Å². The number of hydrogen-bond donors (Lipinski definition) is 0. The third-order valence-electron chi connectivity index (χ3n) is 8.92. The van der Waals surface area contributed by atoms with Gasteiger partial charge in [-0.25, -0.2) is 0 Å². The molecular formula is C34H62N2O4. The lowest BCUT2D eigenvalue weighted by molar-refractivity contribution is -0.157. The molecule has 2 fully saturated rings. The first-order valence-corrected chi connectivity index (χ1v) is 15.9. The Balaban J connectivity index is 1.92. The first kappa shape index (κ1) is 34.6. The van der Waals surface area contributed by atoms with E-state index in [0.717, 1.165) is 64.5 Å². The van der Waals surface area contributed by atoms with Crippen molar-refractivity contribution >= 4 is 17.8 Å². The summed E-state index contributed by atoms with van der Waals surface area (Å²) in [6, 6.07) is 0.338. The number of nitrogens with zero attached hydrogens (tertiary/aromatic N) is 2. The first-order chi connectivity index (χ1) is 18.2. The van der Waals surface area contributed by atoms with Crippen molar-refractivity contribution < 1.29 is 19.1 Å². The van der Waals surface area contributed by atoms with Crippen molar-refractivity contribution in [3.05, 3.63) is 0 Å². The van der Waals surface area contributed by atoms with Gasteiger partial charge in [0.25, 0.3) is 0 Å². The van der Waals surface area contributed by atoms with Crippen molar-refractivity contribution in [2.24, 2.45) is 27.1 Å². The van der Waals surface area contributed by atoms with Crippen LogP contribution in [0.15, 0.2) is 0 Å². The Morgan fingerprint density at radius 3 is 1.73 bits per heavy atom. The van der Waals surface area contributed by atoms with Crippen molar-refractivity contribution in [3.63, 3.8) is 0 Å². The highest BCUT2D eigenvalue weighted by molar-refractivity contribution is 5.79. The number of carbonyl (C=O) groups is 3. The summed E-state index contributed by atoms with van der Waals surface area (Å²) in [6.07, 6.45) is 9.25. The molecule has 2 aliphatic rings. The molecule has 40 heavy (non-hydrogen) atoms. The number of carbonyl (C=O) groups excluding carboxylic acids is 3. The second kappa shape index (κ2) is 13.2. The van der Waals surface area contributed by atoms with E-state index in [0.29, 0.717) is 31.3 Å². The molecular weight excluding hydrogens is 500 g/mol. The Labute approximate surface area is 246 Å². The summed E-state index contributed by atoms with van der Waals surface area (Å²) < 4.78 is 5.66. The quantitative estimate of drug-likeness (QED) is 0.181. The van der Waals surface area contributed by atoms with Gasteiger partial charge >= 0.3 is 5.97 Å². The lowest BCUT2D eigenvalue weighted by Crippen LogP contribution is -2.40. The maximum Gasteiger partial charge on any atom is 0.311 e. The van der Waals surface area contributed by atoms with Crippen LogP contribution in [0.3, 0.4) is 0 Å². The molecule has 2 saturated heterocycles. The molecule has 0 aromatic rings. The van der Waals surface area contributed by atoms with E-state index in [-0.39, 0.29) is 40.1 Å². The average Bonchev–Trinajstić information content (AvgIpc) is 3.36. The normalized spacial score (nSPS) is 18.6. The van der Waals surface area contributed by atoms with Gasteiger partial charge in [0.05, 0.1) is 12.0 Å². The molecule has 0 aromatic heterocycles. The highest BCUT2D eigenvalue weighted by Crippen LogP contribution is 2.50. The molecule has 2 aliphatic heterocycles. The SMILES string of the molecule is CCC(CC(C)(C)CC(C)(C)CC(C)(C)CC(C)(C)CC(C)(C)C(=O)OCCN1CCCC1=O)N1CCCC1=O. The van der Waals surface area contributed by atoms with Gasteiger partial charge in [-0.2, -0.15) is 0 Å². The van der Waals surface area contributed by atoms with Crippen LogP contribution in [0, 0.1) is 27.1 Å². The number of amides is 2. The van der Waals surface area contributed by atoms with Crippen molar-refractivity contribution in [3.8, 4) is 0 Å². The predicted octanol–water partition coefficient (Wildman–Crippen LogP) is 7.63. The first-order valence-electron chi connectivity index (χ1n) is 15.9. The van der Waals surface area contributed by atoms with Gasteiger partial charge in [-0.15, -0.1) is 0 Å². The van der Waals surface area contributed by atoms with Crippen LogP contribution < -0.4 is 0 Å². The summed E-state index contributed by atoms with van der Waals surface area (Å²) in [5.41, 5.74) is -0.226. The fraction of sp³-hybridized carbons (Fsp3) is 0.912. The predicted molar refractivity (Wildman–Crippen MR) is 164 cm³/mol. The van der Waals surface area contributed by atoms with Gasteiger partial charge in [-0.05, 0) is 86.9 Å². The number of rotatable bonds is 16. The summed E-state index contributed by atoms with van der Waals surface area (Å²) in [7, 11) is 0. The molecule has 2 amide bonds. The van der Waals surface area contributed by atoms with Crippen molar-refractivity contribution in [1.82, 2.24) is 9.80 Å². The van der Waals surface area contributed by atoms with Crippen molar-refractivity contribution in [2.75, 3.05) is 26.2 Å². The van der Waals surface area contributed by atoms with Crippen LogP contribution >= 0.6 is 0 Å². The average molecular weight is 563 g/mol. The van der Waals surface area contributed by atoms with Gasteiger partial charge in [0, 0.05) is 32.0 Å². The van der Waals surface area contributed by atoms with Crippen LogP contribution in [0.1, 0.15) is 140 Å². The number of likely N-dealkylation sites (tertiary alicyclic amines) is 2. The van der Waals surface area contributed by atoms with Gasteiger partial charge < -0.3 is 14.5 Å². The van der Waals surface area contributed by atoms with Crippen LogP contribution in [0.2, 0.25) is 0 Å². The summed E-state index contributed by atoms with van der Waals surface area (Å²) in [5, 5.41) is 0. The van der Waals surface area contributed by atoms with E-state index in [2.05, 4.69) is 67.2 Å². The molecule has 0 radical (unpaired) electrons. The lowest BCUT2D eigenvalue weighted by Gasteiger charge is -2.45. The standard InChI is InChI=1S/C34H62N2O4/c1-12-26(36-18-14-16-28(36)38)21-30(2,3)22-31(4,5)23-32(6,7)24-33(8,9)25-34(10,11)29(39)40-20-19-35-17-13-15-27(35)37/h26H,12-25H2,1-11H3. The molecule has 0 saturated carbocycles. The van der Waals surface area contributed by atoms with E-state index in [1.807, 2.05) is 13.8 Å². The lowest BCUT2D eigenvalue weighted by atomic mass is 9.61. The molecule has 0 spiro atoms. The van der Waals surface area contributed by atoms with Gasteiger partial charge in [0.2, 0.25) is 11.8 Å². The molecule has 1 atom stereocenters. The summed E-state index contributed by atoms with van der Waals surface area (Å²) in [4.78, 5) is 41.2. The molecule has 6 heteroatoms. The molecule has 2 heterocycles. The molecule has 0 N–H and O–H groups in total. The van der Waals surface area contributed by atoms with Gasteiger partial charge in [-0.1, -0.05) is 62.3 Å². The smallest absolute Gasteiger partial charge is 0.311 e. The van der Waals surface area contributed by atoms with E-state index in [1.165, 1.54) is 0 Å². The zero-order chi connectivity index (χ0) is 30.6. The Hall–Kier alpha value is -1.59. The Morgan fingerprint density at radius 1 is 0.750 bits per heavy atom. The molecule has 0 aromatic carbocycles. The Morgan fingerprint density at radius 2 is 1.25 bits per heavy atom. The maximum atomic E-state index is 13.0. The number of esters is 1. The molecule has 2 rings (SSSR count). The summed E-state index contributed by atoms with van der Waals surface area (Å²) in [5.74, 6) is 0.324. The summed E-state index contributed by atoms with van der Waals surface area (Å²) in [6.45, 7) is 27.5. The zero-order valence-corrected chi connectivity index (χ0v) is 28.0. The van der Waals surface area contributed by atoms with E-state index in [4.69, 9.17) is 4.74 Å². The molecule has 232 valence electrons. The van der Waals surface area contributed by atoms with Crippen molar-refractivity contribution in [1.29, 1.82) is 0 Å². The largest absolute Gasteiger partial charge is 0.463 e. The molecule has 0 aliphatic carbocycles. The second-order valence-electron chi connectivity index (χ2n) is 16.8. The van der Waals surface area contributed by atoms with Gasteiger partial charge in [0.1, 0.15) is 6.61 Å². The summed E-state index contributed by atoms with van der Waals surface area (Å²) >= 11 is 0. The zero-order valence-electron chi connectivity index (χ0n) is 28.0. The van der Waals surface area contributed by atoms with E-state index >= 15 is 0 Å². The van der Waals surface area contributed by atoms with Gasteiger partial charge in [-0.3, -0.25) is 14.4 Å². The second-order valence-corrected chi connectivity index (χ2v) is 16.8. The monoisotopic (exact) mass is 562 g/mol. The Bertz CT molecular complexity index is 886. The third-order valence-corrected chi connectivity index (χ3v) is 8.92. The van der Waals surface area contributed by atoms with E-state index in [1.54, 1.807) is 4.90 Å². The number of hydrogen-bond acceptors (Lipinski definition) is 4. The van der Waals surface area contributed by atoms with E-state index < -0.39 is 5.41 Å². The van der Waals surface area contributed by atoms with Crippen LogP contribution in [-0.2, 0) is 19.1 Å². The highest BCUT2D eigenvalue weighted by Gasteiger charge is 2.42. The fourth-order valence-corrected chi connectivity index (χ4v) is 8.97. The Kier molecular flexibility index (Phi) is 11.4. The number of ether oxygens (including phenoxy) is 1. The van der Waals surface area contributed by atoms with Crippen LogP contribution in [-0.4, -0.2) is 59.9 Å². The molecule has 6 nitrogen and oxygen atoms in total.